The largest absolute Gasteiger partial charge is 0.490 e. The topological polar surface area (TPSA) is 98.3 Å². The molecule has 0 aliphatic carbocycles. The number of hydrogen-bond acceptors (Lipinski definition) is 6. The fourth-order valence-corrected chi connectivity index (χ4v) is 4.86. The van der Waals surface area contributed by atoms with E-state index in [2.05, 4.69) is 47.7 Å². The van der Waals surface area contributed by atoms with Crippen LogP contribution < -0.4 is 25.0 Å². The fourth-order valence-electron chi connectivity index (χ4n) is 3.31. The summed E-state index contributed by atoms with van der Waals surface area (Å²) in [4.78, 5) is 25.2. The summed E-state index contributed by atoms with van der Waals surface area (Å²) < 4.78 is 18.5. The van der Waals surface area contributed by atoms with Crippen LogP contribution in [0.25, 0.3) is 0 Å². The zero-order valence-electron chi connectivity index (χ0n) is 21.6. The zero-order chi connectivity index (χ0) is 28.4. The summed E-state index contributed by atoms with van der Waals surface area (Å²) in [6.45, 7) is 6.47. The Balaban J connectivity index is 1.69. The molecule has 0 aliphatic rings. The van der Waals surface area contributed by atoms with Crippen LogP contribution in [-0.4, -0.2) is 37.8 Å². The van der Waals surface area contributed by atoms with Crippen LogP contribution in [0.15, 0.2) is 62.6 Å². The van der Waals surface area contributed by atoms with Crippen LogP contribution in [-0.2, 0) is 4.79 Å². The Labute approximate surface area is 249 Å². The van der Waals surface area contributed by atoms with E-state index in [-0.39, 0.29) is 12.5 Å². The van der Waals surface area contributed by atoms with Crippen molar-refractivity contribution in [3.63, 3.8) is 0 Å². The van der Waals surface area contributed by atoms with Gasteiger partial charge in [0.25, 0.3) is 11.8 Å². The summed E-state index contributed by atoms with van der Waals surface area (Å²) >= 11 is 13.0. The Morgan fingerprint density at radius 1 is 1.00 bits per heavy atom. The smallest absolute Gasteiger partial charge is 0.271 e. The van der Waals surface area contributed by atoms with Crippen LogP contribution in [0.1, 0.15) is 41.8 Å². The van der Waals surface area contributed by atoms with Gasteiger partial charge in [0.2, 0.25) is 0 Å². The molecule has 0 spiro atoms. The molecule has 2 N–H and O–H groups in total. The van der Waals surface area contributed by atoms with E-state index in [4.69, 9.17) is 25.8 Å². The number of amides is 2. The number of carbonyl (C=O) groups excluding carboxylic acids is 2. The van der Waals surface area contributed by atoms with Crippen LogP contribution in [0.4, 0.5) is 5.69 Å². The molecule has 0 atom stereocenters. The molecule has 3 aromatic rings. The van der Waals surface area contributed by atoms with Crippen LogP contribution in [0.5, 0.6) is 17.2 Å². The number of halogens is 3. The lowest BCUT2D eigenvalue weighted by atomic mass is 10.2. The summed E-state index contributed by atoms with van der Waals surface area (Å²) in [7, 11) is 0. The molecule has 0 saturated heterocycles. The zero-order valence-corrected chi connectivity index (χ0v) is 25.6. The predicted octanol–water partition coefficient (Wildman–Crippen LogP) is 7.14. The van der Waals surface area contributed by atoms with Crippen LogP contribution >= 0.6 is 43.5 Å². The molecule has 3 rings (SSSR count). The van der Waals surface area contributed by atoms with Gasteiger partial charge in [-0.3, -0.25) is 9.59 Å². The number of ether oxygens (including phenoxy) is 3. The summed E-state index contributed by atoms with van der Waals surface area (Å²) in [6, 6.07) is 13.7. The first-order chi connectivity index (χ1) is 18.7. The highest BCUT2D eigenvalue weighted by Gasteiger charge is 2.14. The van der Waals surface area contributed by atoms with Crippen molar-refractivity contribution in [2.24, 2.45) is 5.10 Å². The van der Waals surface area contributed by atoms with E-state index >= 15 is 0 Å². The molecule has 0 heterocycles. The highest BCUT2D eigenvalue weighted by molar-refractivity contribution is 9.11. The minimum Gasteiger partial charge on any atom is -0.490 e. The maximum absolute atomic E-state index is 12.7. The number of nitrogens with zero attached hydrogens (tertiary/aromatic N) is 1. The molecular weight excluding hydrogens is 654 g/mol. The molecule has 0 fully saturated rings. The molecule has 11 heteroatoms. The minimum atomic E-state index is -0.429. The first-order valence-corrected chi connectivity index (χ1v) is 14.1. The first kappa shape index (κ1) is 30.5. The van der Waals surface area contributed by atoms with Crippen molar-refractivity contribution >= 4 is 67.2 Å². The lowest BCUT2D eigenvalue weighted by Gasteiger charge is -2.13. The van der Waals surface area contributed by atoms with E-state index in [1.54, 1.807) is 42.5 Å². The average molecular weight is 682 g/mol. The van der Waals surface area contributed by atoms with Crippen molar-refractivity contribution in [1.82, 2.24) is 5.43 Å². The van der Waals surface area contributed by atoms with E-state index < -0.39 is 5.91 Å². The highest BCUT2D eigenvalue weighted by atomic mass is 79.9. The second-order valence-electron chi connectivity index (χ2n) is 8.25. The third-order valence-electron chi connectivity index (χ3n) is 5.18. The van der Waals surface area contributed by atoms with Gasteiger partial charge in [-0.05, 0) is 84.2 Å². The van der Waals surface area contributed by atoms with E-state index in [9.17, 15) is 9.59 Å². The molecule has 0 aliphatic heterocycles. The Kier molecular flexibility index (Phi) is 11.6. The van der Waals surface area contributed by atoms with Gasteiger partial charge in [-0.25, -0.2) is 5.43 Å². The van der Waals surface area contributed by atoms with Crippen molar-refractivity contribution in [3.8, 4) is 17.2 Å². The van der Waals surface area contributed by atoms with Crippen LogP contribution in [0.2, 0.25) is 5.02 Å². The molecule has 0 saturated carbocycles. The molecule has 0 bridgehead atoms. The molecule has 2 amide bonds. The van der Waals surface area contributed by atoms with Gasteiger partial charge in [-0.1, -0.05) is 40.5 Å². The van der Waals surface area contributed by atoms with E-state index in [1.165, 1.54) is 6.21 Å². The number of aryl methyl sites for hydroxylation is 1. The number of rotatable bonds is 12. The maximum atomic E-state index is 12.7. The van der Waals surface area contributed by atoms with Gasteiger partial charge >= 0.3 is 0 Å². The number of hydrogen-bond donors (Lipinski definition) is 2. The summed E-state index contributed by atoms with van der Waals surface area (Å²) in [5.74, 6) is 0.651. The van der Waals surface area contributed by atoms with Crippen molar-refractivity contribution in [2.75, 3.05) is 25.1 Å². The SMILES string of the molecule is CCCOc1ccc(C(=O)N/N=C/c2cc(Br)cc(Br)c2OCC(=O)Nc2ccc(C)c(Cl)c2)cc1OCC. The standard InChI is InChI=1S/C28H28Br2ClN3O5/c1-4-10-38-24-9-7-18(12-25(24)37-5-2)28(36)34-32-15-19-11-20(29)13-22(30)27(19)39-16-26(35)33-21-8-6-17(3)23(31)14-21/h6-9,11-15H,4-5,10,16H2,1-3H3,(H,33,35)(H,34,36)/b32-15+. The second-order valence-corrected chi connectivity index (χ2v) is 10.4. The lowest BCUT2D eigenvalue weighted by molar-refractivity contribution is -0.118. The van der Waals surface area contributed by atoms with Crippen molar-refractivity contribution < 1.29 is 23.8 Å². The predicted molar refractivity (Wildman–Crippen MR) is 161 cm³/mol. The fraction of sp³-hybridized carbons (Fsp3) is 0.250. The molecular formula is C28H28Br2ClN3O5. The number of hydrazone groups is 1. The number of benzene rings is 3. The van der Waals surface area contributed by atoms with E-state index in [1.807, 2.05) is 26.8 Å². The van der Waals surface area contributed by atoms with Gasteiger partial charge < -0.3 is 19.5 Å². The Hall–Kier alpha value is -3.08. The molecule has 0 aromatic heterocycles. The monoisotopic (exact) mass is 679 g/mol. The minimum absolute atomic E-state index is 0.258. The van der Waals surface area contributed by atoms with Crippen molar-refractivity contribution in [1.29, 1.82) is 0 Å². The maximum Gasteiger partial charge on any atom is 0.271 e. The lowest BCUT2D eigenvalue weighted by Crippen LogP contribution is -2.21. The first-order valence-electron chi connectivity index (χ1n) is 12.1. The third kappa shape index (κ3) is 8.98. The Morgan fingerprint density at radius 2 is 1.79 bits per heavy atom. The molecule has 8 nitrogen and oxygen atoms in total. The molecule has 0 radical (unpaired) electrons. The van der Waals surface area contributed by atoms with Crippen LogP contribution in [0.3, 0.4) is 0 Å². The van der Waals surface area contributed by atoms with Gasteiger partial charge in [0.15, 0.2) is 18.1 Å². The summed E-state index contributed by atoms with van der Waals surface area (Å²) in [5.41, 5.74) is 4.87. The Bertz CT molecular complexity index is 1370. The Morgan fingerprint density at radius 3 is 2.51 bits per heavy atom. The van der Waals surface area contributed by atoms with Crippen molar-refractivity contribution in [2.45, 2.75) is 27.2 Å². The van der Waals surface area contributed by atoms with Gasteiger partial charge in [-0.15, -0.1) is 0 Å². The van der Waals surface area contributed by atoms with Gasteiger partial charge in [0.05, 0.1) is 23.9 Å². The van der Waals surface area contributed by atoms with E-state index in [0.29, 0.717) is 56.8 Å². The molecule has 3 aromatic carbocycles. The molecule has 39 heavy (non-hydrogen) atoms. The average Bonchev–Trinajstić information content (AvgIpc) is 2.89. The van der Waals surface area contributed by atoms with Crippen LogP contribution in [0, 0.1) is 6.92 Å². The summed E-state index contributed by atoms with van der Waals surface area (Å²) in [6.07, 6.45) is 2.29. The number of nitrogens with one attached hydrogen (secondary N) is 2. The second kappa shape index (κ2) is 14.9. The van der Waals surface area contributed by atoms with Gasteiger partial charge in [0.1, 0.15) is 5.75 Å². The van der Waals surface area contributed by atoms with Gasteiger partial charge in [0, 0.05) is 26.3 Å². The quantitative estimate of drug-likeness (QED) is 0.157. The van der Waals surface area contributed by atoms with E-state index in [0.717, 1.165) is 16.5 Å². The number of carbonyl (C=O) groups is 2. The van der Waals surface area contributed by atoms with Crippen molar-refractivity contribution in [3.05, 3.63) is 79.2 Å². The number of anilines is 1. The normalized spacial score (nSPS) is 10.8. The highest BCUT2D eigenvalue weighted by Crippen LogP contribution is 2.32. The molecule has 206 valence electrons. The molecule has 0 unspecified atom stereocenters. The third-order valence-corrected chi connectivity index (χ3v) is 6.63. The van der Waals surface area contributed by atoms with Gasteiger partial charge in [-0.2, -0.15) is 5.10 Å². The summed E-state index contributed by atoms with van der Waals surface area (Å²) in [5, 5.41) is 7.40.